The van der Waals surface area contributed by atoms with E-state index in [0.717, 1.165) is 26.1 Å². The number of carbonyl (C=O) groups is 1. The Balaban J connectivity index is 1.88. The van der Waals surface area contributed by atoms with Crippen LogP contribution in [0.5, 0.6) is 0 Å². The first-order chi connectivity index (χ1) is 7.25. The molecule has 0 aromatic rings. The summed E-state index contributed by atoms with van der Waals surface area (Å²) in [4.78, 5) is 11.7. The highest BCUT2D eigenvalue weighted by atomic mass is 16.5. The Morgan fingerprint density at radius 2 is 2.13 bits per heavy atom. The van der Waals surface area contributed by atoms with Crippen LogP contribution in [0, 0.1) is 11.3 Å². The van der Waals surface area contributed by atoms with Crippen molar-refractivity contribution >= 4 is 5.97 Å². The summed E-state index contributed by atoms with van der Waals surface area (Å²) in [6.45, 7) is 1.53. The molecule has 1 aliphatic heterocycles. The number of methoxy groups -OCH3 is 1. The highest BCUT2D eigenvalue weighted by Gasteiger charge is 2.55. The van der Waals surface area contributed by atoms with E-state index >= 15 is 0 Å². The molecule has 0 amide bonds. The Hall–Kier alpha value is -0.830. The van der Waals surface area contributed by atoms with Gasteiger partial charge in [0.2, 0.25) is 0 Å². The predicted octanol–water partition coefficient (Wildman–Crippen LogP) is 1.68. The maximum absolute atomic E-state index is 11.7. The SMILES string of the molecule is COC(=O)[C@H]1CC2=C(COC2)CC12CC2. The molecule has 15 heavy (non-hydrogen) atoms. The molecule has 0 N–H and O–H groups in total. The van der Waals surface area contributed by atoms with Gasteiger partial charge in [0, 0.05) is 0 Å². The highest BCUT2D eigenvalue weighted by molar-refractivity contribution is 5.75. The monoisotopic (exact) mass is 208 g/mol. The van der Waals surface area contributed by atoms with E-state index in [0.29, 0.717) is 0 Å². The van der Waals surface area contributed by atoms with E-state index < -0.39 is 0 Å². The third kappa shape index (κ3) is 1.33. The number of rotatable bonds is 1. The average molecular weight is 208 g/mol. The molecule has 2 aliphatic carbocycles. The predicted molar refractivity (Wildman–Crippen MR) is 54.3 cm³/mol. The minimum atomic E-state index is -0.0223. The molecule has 1 fully saturated rings. The number of hydrogen-bond donors (Lipinski definition) is 0. The molecule has 82 valence electrons. The van der Waals surface area contributed by atoms with Crippen LogP contribution in [-0.2, 0) is 14.3 Å². The van der Waals surface area contributed by atoms with Gasteiger partial charge in [-0.1, -0.05) is 0 Å². The normalized spacial score (nSPS) is 31.7. The Labute approximate surface area is 89.4 Å². The molecular weight excluding hydrogens is 192 g/mol. The molecule has 3 rings (SSSR count). The number of ether oxygens (including phenoxy) is 2. The summed E-state index contributed by atoms with van der Waals surface area (Å²) >= 11 is 0. The van der Waals surface area contributed by atoms with E-state index in [1.165, 1.54) is 31.1 Å². The Kier molecular flexibility index (Phi) is 1.93. The molecule has 0 aromatic heterocycles. The van der Waals surface area contributed by atoms with E-state index in [4.69, 9.17) is 9.47 Å². The average Bonchev–Trinajstić information content (AvgIpc) is 2.86. The van der Waals surface area contributed by atoms with Crippen molar-refractivity contribution in [3.63, 3.8) is 0 Å². The van der Waals surface area contributed by atoms with Crippen LogP contribution in [0.15, 0.2) is 11.1 Å². The summed E-state index contributed by atoms with van der Waals surface area (Å²) in [5, 5.41) is 0. The molecule has 1 saturated carbocycles. The van der Waals surface area contributed by atoms with Gasteiger partial charge < -0.3 is 9.47 Å². The first-order valence-electron chi connectivity index (χ1n) is 5.60. The van der Waals surface area contributed by atoms with Gasteiger partial charge in [0.05, 0.1) is 26.2 Å². The maximum Gasteiger partial charge on any atom is 0.309 e. The third-order valence-electron chi connectivity index (χ3n) is 4.19. The molecular formula is C12H16O3. The van der Waals surface area contributed by atoms with E-state index in [1.54, 1.807) is 0 Å². The lowest BCUT2D eigenvalue weighted by Gasteiger charge is -2.30. The van der Waals surface area contributed by atoms with Gasteiger partial charge in [0.1, 0.15) is 0 Å². The smallest absolute Gasteiger partial charge is 0.309 e. The Morgan fingerprint density at radius 3 is 2.80 bits per heavy atom. The quantitative estimate of drug-likeness (QED) is 0.486. The summed E-state index contributed by atoms with van der Waals surface area (Å²) in [7, 11) is 1.49. The standard InChI is InChI=1S/C12H16O3/c1-14-11(13)10-4-8-6-15-7-9(8)5-12(10)2-3-12/h10H,2-7H2,1H3/t10-/m1/s1. The molecule has 0 bridgehead atoms. The van der Waals surface area contributed by atoms with E-state index in [2.05, 4.69) is 0 Å². The molecule has 1 atom stereocenters. The molecule has 0 radical (unpaired) electrons. The fraction of sp³-hybridized carbons (Fsp3) is 0.750. The van der Waals surface area contributed by atoms with E-state index in [9.17, 15) is 4.79 Å². The highest BCUT2D eigenvalue weighted by Crippen LogP contribution is 2.61. The second-order valence-electron chi connectivity index (χ2n) is 5.02. The number of carbonyl (C=O) groups excluding carboxylic acids is 1. The van der Waals surface area contributed by atoms with Crippen LogP contribution in [0.25, 0.3) is 0 Å². The molecule has 1 spiro atoms. The Bertz CT molecular complexity index is 339. The number of esters is 1. The topological polar surface area (TPSA) is 35.5 Å². The van der Waals surface area contributed by atoms with Gasteiger partial charge in [-0.15, -0.1) is 0 Å². The van der Waals surface area contributed by atoms with Crippen molar-refractivity contribution in [1.82, 2.24) is 0 Å². The molecule has 3 heteroatoms. The molecule has 0 aromatic carbocycles. The zero-order valence-electron chi connectivity index (χ0n) is 9.04. The summed E-state index contributed by atoms with van der Waals surface area (Å²) in [6, 6.07) is 0. The minimum absolute atomic E-state index is 0.0223. The van der Waals surface area contributed by atoms with Crippen LogP contribution >= 0.6 is 0 Å². The van der Waals surface area contributed by atoms with Crippen LogP contribution in [0.1, 0.15) is 25.7 Å². The summed E-state index contributed by atoms with van der Waals surface area (Å²) < 4.78 is 10.4. The van der Waals surface area contributed by atoms with Crippen molar-refractivity contribution in [3.8, 4) is 0 Å². The lowest BCUT2D eigenvalue weighted by Crippen LogP contribution is -2.30. The maximum atomic E-state index is 11.7. The lowest BCUT2D eigenvalue weighted by molar-refractivity contribution is -0.148. The largest absolute Gasteiger partial charge is 0.469 e. The molecule has 3 nitrogen and oxygen atoms in total. The van der Waals surface area contributed by atoms with Gasteiger partial charge in [0.25, 0.3) is 0 Å². The van der Waals surface area contributed by atoms with Crippen molar-refractivity contribution < 1.29 is 14.3 Å². The second-order valence-corrected chi connectivity index (χ2v) is 5.02. The molecule has 0 unspecified atom stereocenters. The van der Waals surface area contributed by atoms with Crippen molar-refractivity contribution in [2.45, 2.75) is 25.7 Å². The summed E-state index contributed by atoms with van der Waals surface area (Å²) in [5.41, 5.74) is 3.08. The van der Waals surface area contributed by atoms with Crippen LogP contribution in [0.2, 0.25) is 0 Å². The van der Waals surface area contributed by atoms with Crippen LogP contribution < -0.4 is 0 Å². The summed E-state index contributed by atoms with van der Waals surface area (Å²) in [5.74, 6) is 0.0777. The van der Waals surface area contributed by atoms with Gasteiger partial charge in [-0.3, -0.25) is 4.79 Å². The summed E-state index contributed by atoms with van der Waals surface area (Å²) in [6.07, 6.45) is 4.32. The third-order valence-corrected chi connectivity index (χ3v) is 4.19. The van der Waals surface area contributed by atoms with Crippen LogP contribution in [-0.4, -0.2) is 26.3 Å². The van der Waals surface area contributed by atoms with Gasteiger partial charge in [-0.25, -0.2) is 0 Å². The first-order valence-corrected chi connectivity index (χ1v) is 5.60. The van der Waals surface area contributed by atoms with Crippen molar-refractivity contribution in [2.24, 2.45) is 11.3 Å². The molecule has 0 saturated heterocycles. The van der Waals surface area contributed by atoms with Crippen molar-refractivity contribution in [2.75, 3.05) is 20.3 Å². The van der Waals surface area contributed by atoms with Crippen LogP contribution in [0.3, 0.4) is 0 Å². The zero-order valence-corrected chi connectivity index (χ0v) is 9.04. The molecule has 1 heterocycles. The van der Waals surface area contributed by atoms with E-state index in [-0.39, 0.29) is 17.3 Å². The lowest BCUT2D eigenvalue weighted by atomic mass is 9.74. The van der Waals surface area contributed by atoms with Gasteiger partial charge >= 0.3 is 5.97 Å². The van der Waals surface area contributed by atoms with Gasteiger partial charge in [0.15, 0.2) is 0 Å². The fourth-order valence-electron chi connectivity index (χ4n) is 3.05. The Morgan fingerprint density at radius 1 is 1.40 bits per heavy atom. The minimum Gasteiger partial charge on any atom is -0.469 e. The van der Waals surface area contributed by atoms with Crippen LogP contribution in [0.4, 0.5) is 0 Å². The van der Waals surface area contributed by atoms with E-state index in [1.807, 2.05) is 0 Å². The van der Waals surface area contributed by atoms with Crippen molar-refractivity contribution in [3.05, 3.63) is 11.1 Å². The zero-order chi connectivity index (χ0) is 10.5. The molecule has 3 aliphatic rings. The van der Waals surface area contributed by atoms with Gasteiger partial charge in [-0.2, -0.15) is 0 Å². The fourth-order valence-corrected chi connectivity index (χ4v) is 3.05. The first kappa shape index (κ1) is 9.40. The number of hydrogen-bond acceptors (Lipinski definition) is 3. The van der Waals surface area contributed by atoms with Crippen molar-refractivity contribution in [1.29, 1.82) is 0 Å². The van der Waals surface area contributed by atoms with Gasteiger partial charge in [-0.05, 0) is 42.2 Å². The second kappa shape index (κ2) is 3.08.